The summed E-state index contributed by atoms with van der Waals surface area (Å²) in [4.78, 5) is 11.7. The van der Waals surface area contributed by atoms with E-state index in [-0.39, 0.29) is 18.4 Å². The van der Waals surface area contributed by atoms with Crippen LogP contribution in [-0.4, -0.2) is 23.7 Å². The van der Waals surface area contributed by atoms with Gasteiger partial charge in [-0.15, -0.1) is 0 Å². The average Bonchev–Trinajstić information content (AvgIpc) is 2.41. The van der Waals surface area contributed by atoms with Crippen LogP contribution in [0.3, 0.4) is 0 Å². The maximum atomic E-state index is 13.0. The van der Waals surface area contributed by atoms with Gasteiger partial charge in [0.25, 0.3) is 0 Å². The quantitative estimate of drug-likeness (QED) is 0.889. The van der Waals surface area contributed by atoms with Crippen molar-refractivity contribution in [1.82, 2.24) is 5.32 Å². The van der Waals surface area contributed by atoms with E-state index < -0.39 is 11.6 Å². The molecule has 1 aliphatic carbocycles. The van der Waals surface area contributed by atoms with E-state index in [0.29, 0.717) is 24.4 Å². The number of carbonyl (C=O) groups excluding carboxylic acids is 1. The Bertz CT molecular complexity index is 479. The number of rotatable bonds is 4. The van der Waals surface area contributed by atoms with Crippen LogP contribution in [0, 0.1) is 17.6 Å². The Kier molecular flexibility index (Phi) is 5.06. The number of aliphatic hydroxyl groups is 1. The molecule has 0 aliphatic heterocycles. The molecule has 0 radical (unpaired) electrons. The summed E-state index contributed by atoms with van der Waals surface area (Å²) < 4.78 is 25.8. The fourth-order valence-corrected chi connectivity index (χ4v) is 2.60. The highest BCUT2D eigenvalue weighted by molar-refractivity contribution is 5.78. The van der Waals surface area contributed by atoms with Crippen molar-refractivity contribution in [1.29, 1.82) is 0 Å². The summed E-state index contributed by atoms with van der Waals surface area (Å²) in [5, 5.41) is 12.3. The van der Waals surface area contributed by atoms with Gasteiger partial charge in [-0.05, 0) is 42.9 Å². The molecule has 2 rings (SSSR count). The predicted molar refractivity (Wildman–Crippen MR) is 71.0 cm³/mol. The molecule has 2 N–H and O–H groups in total. The standard InChI is InChI=1S/C15H19F2NO2/c16-13-5-4-10(7-14(13)17)8-15(20)18-9-11-2-1-3-12(19)6-11/h4-5,7,11-12,19H,1-3,6,8-9H2,(H,18,20). The van der Waals surface area contributed by atoms with Gasteiger partial charge in [0.1, 0.15) is 0 Å². The number of hydrogen-bond acceptors (Lipinski definition) is 2. The summed E-state index contributed by atoms with van der Waals surface area (Å²) in [5.74, 6) is -1.76. The van der Waals surface area contributed by atoms with Crippen molar-refractivity contribution in [2.24, 2.45) is 5.92 Å². The molecule has 1 aromatic rings. The van der Waals surface area contributed by atoms with Gasteiger partial charge in [-0.25, -0.2) is 8.78 Å². The fourth-order valence-electron chi connectivity index (χ4n) is 2.60. The van der Waals surface area contributed by atoms with Gasteiger partial charge in [-0.3, -0.25) is 4.79 Å². The molecule has 20 heavy (non-hydrogen) atoms. The molecule has 5 heteroatoms. The smallest absolute Gasteiger partial charge is 0.224 e. The lowest BCUT2D eigenvalue weighted by Crippen LogP contribution is -2.33. The molecule has 1 aromatic carbocycles. The molecule has 2 atom stereocenters. The molecule has 3 nitrogen and oxygen atoms in total. The third-order valence-electron chi connectivity index (χ3n) is 3.69. The summed E-state index contributed by atoms with van der Waals surface area (Å²) in [5.41, 5.74) is 0.449. The summed E-state index contributed by atoms with van der Waals surface area (Å²) in [6.45, 7) is 0.527. The first-order valence-corrected chi connectivity index (χ1v) is 6.93. The first-order valence-electron chi connectivity index (χ1n) is 6.93. The largest absolute Gasteiger partial charge is 0.393 e. The maximum absolute atomic E-state index is 13.0. The lowest BCUT2D eigenvalue weighted by Gasteiger charge is -2.25. The van der Waals surface area contributed by atoms with Crippen molar-refractivity contribution in [2.75, 3.05) is 6.54 Å². The second kappa shape index (κ2) is 6.79. The molecular formula is C15H19F2NO2. The molecular weight excluding hydrogens is 264 g/mol. The molecule has 0 aromatic heterocycles. The summed E-state index contributed by atoms with van der Waals surface area (Å²) in [7, 11) is 0. The van der Waals surface area contributed by atoms with E-state index in [1.807, 2.05) is 0 Å². The molecule has 0 saturated heterocycles. The molecule has 1 amide bonds. The monoisotopic (exact) mass is 283 g/mol. The average molecular weight is 283 g/mol. The number of amides is 1. The third kappa shape index (κ3) is 4.27. The van der Waals surface area contributed by atoms with Gasteiger partial charge in [0.2, 0.25) is 5.91 Å². The van der Waals surface area contributed by atoms with E-state index in [0.717, 1.165) is 31.4 Å². The number of aliphatic hydroxyl groups excluding tert-OH is 1. The van der Waals surface area contributed by atoms with Crippen molar-refractivity contribution in [3.8, 4) is 0 Å². The first-order chi connectivity index (χ1) is 9.54. The van der Waals surface area contributed by atoms with Crippen molar-refractivity contribution in [3.05, 3.63) is 35.4 Å². The molecule has 1 saturated carbocycles. The summed E-state index contributed by atoms with van der Waals surface area (Å²) in [6, 6.07) is 3.47. The van der Waals surface area contributed by atoms with Gasteiger partial charge in [-0.1, -0.05) is 12.5 Å². The fraction of sp³-hybridized carbons (Fsp3) is 0.533. The lowest BCUT2D eigenvalue weighted by atomic mass is 9.87. The summed E-state index contributed by atoms with van der Waals surface area (Å²) >= 11 is 0. The van der Waals surface area contributed by atoms with E-state index in [9.17, 15) is 18.7 Å². The van der Waals surface area contributed by atoms with Gasteiger partial charge in [0.15, 0.2) is 11.6 Å². The van der Waals surface area contributed by atoms with E-state index in [2.05, 4.69) is 5.32 Å². The number of benzene rings is 1. The topological polar surface area (TPSA) is 49.3 Å². The number of carbonyl (C=O) groups is 1. The highest BCUT2D eigenvalue weighted by atomic mass is 19.2. The van der Waals surface area contributed by atoms with Gasteiger partial charge >= 0.3 is 0 Å². The summed E-state index contributed by atoms with van der Waals surface area (Å²) in [6.07, 6.45) is 3.29. The Hall–Kier alpha value is -1.49. The molecule has 1 aliphatic rings. The maximum Gasteiger partial charge on any atom is 0.224 e. The highest BCUT2D eigenvalue weighted by Gasteiger charge is 2.20. The Morgan fingerprint density at radius 1 is 1.30 bits per heavy atom. The van der Waals surface area contributed by atoms with Crippen LogP contribution in [0.2, 0.25) is 0 Å². The molecule has 0 spiro atoms. The second-order valence-corrected chi connectivity index (χ2v) is 5.42. The zero-order chi connectivity index (χ0) is 14.5. The van der Waals surface area contributed by atoms with Gasteiger partial charge in [0, 0.05) is 6.54 Å². The second-order valence-electron chi connectivity index (χ2n) is 5.42. The van der Waals surface area contributed by atoms with Crippen LogP contribution in [0.15, 0.2) is 18.2 Å². The van der Waals surface area contributed by atoms with Crippen molar-refractivity contribution < 1.29 is 18.7 Å². The van der Waals surface area contributed by atoms with Crippen molar-refractivity contribution >= 4 is 5.91 Å². The number of halogens is 2. The van der Waals surface area contributed by atoms with Crippen molar-refractivity contribution in [2.45, 2.75) is 38.2 Å². The SMILES string of the molecule is O=C(Cc1ccc(F)c(F)c1)NCC1CCCC(O)C1. The molecule has 110 valence electrons. The zero-order valence-electron chi connectivity index (χ0n) is 11.2. The predicted octanol–water partition coefficient (Wildman–Crippen LogP) is 2.17. The van der Waals surface area contributed by atoms with Crippen LogP contribution < -0.4 is 5.32 Å². The van der Waals surface area contributed by atoms with Gasteiger partial charge in [0.05, 0.1) is 12.5 Å². The van der Waals surface area contributed by atoms with Gasteiger partial charge in [-0.2, -0.15) is 0 Å². The van der Waals surface area contributed by atoms with E-state index in [4.69, 9.17) is 0 Å². The molecule has 2 unspecified atom stereocenters. The first kappa shape index (κ1) is 14.9. The van der Waals surface area contributed by atoms with Crippen LogP contribution in [0.1, 0.15) is 31.2 Å². The van der Waals surface area contributed by atoms with E-state index >= 15 is 0 Å². The van der Waals surface area contributed by atoms with Crippen LogP contribution in [0.5, 0.6) is 0 Å². The Morgan fingerprint density at radius 3 is 2.80 bits per heavy atom. The van der Waals surface area contributed by atoms with Crippen LogP contribution in [0.25, 0.3) is 0 Å². The lowest BCUT2D eigenvalue weighted by molar-refractivity contribution is -0.120. The minimum absolute atomic E-state index is 0.0342. The zero-order valence-corrected chi connectivity index (χ0v) is 11.2. The third-order valence-corrected chi connectivity index (χ3v) is 3.69. The minimum Gasteiger partial charge on any atom is -0.393 e. The van der Waals surface area contributed by atoms with Crippen molar-refractivity contribution in [3.63, 3.8) is 0 Å². The minimum atomic E-state index is -0.939. The Balaban J connectivity index is 1.78. The number of nitrogens with one attached hydrogen (secondary N) is 1. The normalized spacial score (nSPS) is 22.6. The Labute approximate surface area is 117 Å². The molecule has 1 fully saturated rings. The molecule has 0 heterocycles. The van der Waals surface area contributed by atoms with Gasteiger partial charge < -0.3 is 10.4 Å². The van der Waals surface area contributed by atoms with Crippen LogP contribution in [0.4, 0.5) is 8.78 Å². The molecule has 0 bridgehead atoms. The van der Waals surface area contributed by atoms with E-state index in [1.165, 1.54) is 6.07 Å². The van der Waals surface area contributed by atoms with Crippen LogP contribution >= 0.6 is 0 Å². The van der Waals surface area contributed by atoms with Crippen LogP contribution in [-0.2, 0) is 11.2 Å². The van der Waals surface area contributed by atoms with E-state index in [1.54, 1.807) is 0 Å². The highest BCUT2D eigenvalue weighted by Crippen LogP contribution is 2.23. The Morgan fingerprint density at radius 2 is 2.10 bits per heavy atom. The number of hydrogen-bond donors (Lipinski definition) is 2.